The van der Waals surface area contributed by atoms with E-state index in [1.165, 1.54) is 103 Å². The van der Waals surface area contributed by atoms with Crippen molar-refractivity contribution < 1.29 is 0 Å². The minimum absolute atomic E-state index is 0.873. The van der Waals surface area contributed by atoms with Crippen LogP contribution in [0.1, 0.15) is 209 Å². The highest BCUT2D eigenvalue weighted by Crippen LogP contribution is 2.71. The first-order valence-corrected chi connectivity index (χ1v) is 30.7. The van der Waals surface area contributed by atoms with Gasteiger partial charge >= 0.3 is 0 Å². The molecule has 0 saturated heterocycles. The predicted octanol–water partition coefficient (Wildman–Crippen LogP) is 14.0. The molecule has 1 aliphatic rings. The van der Waals surface area contributed by atoms with Crippen molar-refractivity contribution in [2.75, 3.05) is 52.4 Å². The number of hydrogen-bond acceptors (Lipinski definition) is 12. The quantitative estimate of drug-likeness (QED) is 0.0224. The first kappa shape index (κ1) is 54.6. The standard InChI is InChI=1S/C40H96N12P4/c1-9-17-25-33-41-53(42-34-26-18-10-2)49-54(43-35-27-19-11-3,44-36-28-20-12-4)51-56(47-39-31-23-15-7,48-40-32-24-16-8)52-55(50-53,45-37-29-21-13-5)46-38-30-22-14-6/h41-48H,9-40H2,1-8H3. The molecular formula is C40H96N12P4. The van der Waals surface area contributed by atoms with E-state index in [1.807, 2.05) is 0 Å². The van der Waals surface area contributed by atoms with Crippen molar-refractivity contribution in [2.45, 2.75) is 209 Å². The van der Waals surface area contributed by atoms with Crippen molar-refractivity contribution in [1.29, 1.82) is 0 Å². The van der Waals surface area contributed by atoms with Crippen molar-refractivity contribution in [3.8, 4) is 0 Å². The van der Waals surface area contributed by atoms with Gasteiger partial charge in [-0.25, -0.2) is 0 Å². The second-order valence-corrected chi connectivity index (χ2v) is 25.9. The van der Waals surface area contributed by atoms with Gasteiger partial charge in [0.2, 0.25) is 30.0 Å². The second kappa shape index (κ2) is 35.2. The van der Waals surface area contributed by atoms with Gasteiger partial charge in [-0.15, -0.1) is 0 Å². The zero-order chi connectivity index (χ0) is 41.1. The summed E-state index contributed by atoms with van der Waals surface area (Å²) in [6, 6.07) is 0. The van der Waals surface area contributed by atoms with Crippen molar-refractivity contribution in [3.63, 3.8) is 0 Å². The molecule has 16 heteroatoms. The van der Waals surface area contributed by atoms with E-state index in [2.05, 4.69) is 96.1 Å². The second-order valence-electron chi connectivity index (χ2n) is 15.7. The third-order valence-electron chi connectivity index (χ3n) is 9.94. The summed E-state index contributed by atoms with van der Waals surface area (Å²) < 4.78 is 24.5. The molecule has 0 saturated carbocycles. The van der Waals surface area contributed by atoms with Crippen molar-refractivity contribution in [3.05, 3.63) is 0 Å². The minimum atomic E-state index is -2.76. The molecule has 0 bridgehead atoms. The average molecular weight is 869 g/mol. The fourth-order valence-corrected chi connectivity index (χ4v) is 22.5. The Morgan fingerprint density at radius 3 is 0.446 bits per heavy atom. The first-order valence-electron chi connectivity index (χ1n) is 23.9. The molecule has 8 N–H and O–H groups in total. The average Bonchev–Trinajstić information content (AvgIpc) is 3.19. The zero-order valence-electron chi connectivity index (χ0n) is 38.2. The molecule has 0 radical (unpaired) electrons. The van der Waals surface area contributed by atoms with Gasteiger partial charge in [-0.1, -0.05) is 158 Å². The predicted molar refractivity (Wildman–Crippen MR) is 258 cm³/mol. The molecule has 1 heterocycles. The highest BCUT2D eigenvalue weighted by atomic mass is 31.3. The van der Waals surface area contributed by atoms with Crippen LogP contribution in [0, 0.1) is 0 Å². The molecule has 56 heavy (non-hydrogen) atoms. The van der Waals surface area contributed by atoms with Gasteiger partial charge in [-0.2, -0.15) is 18.1 Å². The topological polar surface area (TPSA) is 146 Å². The molecule has 1 rings (SSSR count). The van der Waals surface area contributed by atoms with Crippen LogP contribution >= 0.6 is 30.0 Å². The Hall–Kier alpha value is 0.600. The summed E-state index contributed by atoms with van der Waals surface area (Å²) in [5.74, 6) is 0. The SMILES string of the molecule is CCCCCNP1(NCCCCC)=NP(NCCCCC)(NCCCCC)=NP(NCCCCC)(NCCCCC)=NP(NCCCCC)(NCCCCC)=N1. The lowest BCUT2D eigenvalue weighted by Crippen LogP contribution is -2.32. The summed E-state index contributed by atoms with van der Waals surface area (Å²) in [4.78, 5) is 0. The fourth-order valence-electron chi connectivity index (χ4n) is 6.43. The Balaban J connectivity index is 4.48. The van der Waals surface area contributed by atoms with Gasteiger partial charge < -0.3 is 0 Å². The van der Waals surface area contributed by atoms with E-state index in [9.17, 15) is 0 Å². The third kappa shape index (κ3) is 24.1. The minimum Gasteiger partial charge on any atom is -0.253 e. The highest BCUT2D eigenvalue weighted by Gasteiger charge is 2.37. The van der Waals surface area contributed by atoms with Crippen LogP contribution < -0.4 is 40.7 Å². The largest absolute Gasteiger partial charge is 0.253 e. The lowest BCUT2D eigenvalue weighted by molar-refractivity contribution is 0.674. The normalized spacial score (nSPS) is 17.0. The van der Waals surface area contributed by atoms with Crippen LogP contribution in [0.5, 0.6) is 0 Å². The number of rotatable bonds is 40. The number of nitrogens with one attached hydrogen (secondary N) is 8. The summed E-state index contributed by atoms with van der Waals surface area (Å²) in [5, 5.41) is 32.7. The molecule has 0 spiro atoms. The van der Waals surface area contributed by atoms with E-state index in [0.717, 1.165) is 104 Å². The monoisotopic (exact) mass is 869 g/mol. The van der Waals surface area contributed by atoms with Gasteiger partial charge in [0.1, 0.15) is 0 Å². The van der Waals surface area contributed by atoms with Crippen molar-refractivity contribution in [2.24, 2.45) is 18.1 Å². The van der Waals surface area contributed by atoms with E-state index in [1.54, 1.807) is 0 Å². The van der Waals surface area contributed by atoms with Crippen LogP contribution in [0.25, 0.3) is 0 Å². The Bertz CT molecular complexity index is 904. The summed E-state index contributed by atoms with van der Waals surface area (Å²) in [5.41, 5.74) is 0. The lowest BCUT2D eigenvalue weighted by atomic mass is 10.3. The van der Waals surface area contributed by atoms with E-state index in [0.29, 0.717) is 0 Å². The molecule has 0 fully saturated rings. The first-order chi connectivity index (χ1) is 27.3. The molecule has 0 amide bonds. The van der Waals surface area contributed by atoms with Crippen LogP contribution in [0.2, 0.25) is 0 Å². The van der Waals surface area contributed by atoms with Crippen LogP contribution in [0.15, 0.2) is 18.1 Å². The van der Waals surface area contributed by atoms with Gasteiger partial charge in [0.15, 0.2) is 0 Å². The Morgan fingerprint density at radius 1 is 0.214 bits per heavy atom. The van der Waals surface area contributed by atoms with Crippen LogP contribution in [0.3, 0.4) is 0 Å². The number of hydrogen-bond donors (Lipinski definition) is 8. The molecule has 0 aromatic heterocycles. The molecule has 1 aliphatic heterocycles. The number of unbranched alkanes of at least 4 members (excludes halogenated alkanes) is 16. The van der Waals surface area contributed by atoms with E-state index >= 15 is 0 Å². The summed E-state index contributed by atoms with van der Waals surface area (Å²) in [7, 11) is -11.1. The van der Waals surface area contributed by atoms with E-state index < -0.39 is 30.0 Å². The Kier molecular flexibility index (Phi) is 34.4. The molecule has 336 valence electrons. The zero-order valence-corrected chi connectivity index (χ0v) is 41.8. The molecule has 0 unspecified atom stereocenters. The lowest BCUT2D eigenvalue weighted by Gasteiger charge is -2.38. The molecule has 0 aromatic carbocycles. The van der Waals surface area contributed by atoms with Gasteiger partial charge in [0, 0.05) is 52.4 Å². The van der Waals surface area contributed by atoms with Gasteiger partial charge in [0.25, 0.3) is 0 Å². The molecule has 0 atom stereocenters. The Labute approximate surface area is 349 Å². The summed E-state index contributed by atoms with van der Waals surface area (Å²) in [6.07, 6.45) is 27.7. The fraction of sp³-hybridized carbons (Fsp3) is 1.00. The van der Waals surface area contributed by atoms with Crippen LogP contribution in [0.4, 0.5) is 0 Å². The van der Waals surface area contributed by atoms with Gasteiger partial charge in [-0.3, -0.25) is 40.7 Å². The van der Waals surface area contributed by atoms with Crippen LogP contribution in [-0.4, -0.2) is 52.4 Å². The third-order valence-corrected chi connectivity index (χ3v) is 23.5. The van der Waals surface area contributed by atoms with Gasteiger partial charge in [0.05, 0.1) is 0 Å². The highest BCUT2D eigenvalue weighted by molar-refractivity contribution is 7.84. The van der Waals surface area contributed by atoms with Crippen molar-refractivity contribution in [1.82, 2.24) is 40.7 Å². The maximum atomic E-state index is 6.14. The van der Waals surface area contributed by atoms with Crippen LogP contribution in [-0.2, 0) is 0 Å². The van der Waals surface area contributed by atoms with Gasteiger partial charge in [-0.05, 0) is 51.4 Å². The smallest absolute Gasteiger partial charge is 0.215 e. The van der Waals surface area contributed by atoms with E-state index in [-0.39, 0.29) is 0 Å². The maximum absolute atomic E-state index is 6.14. The number of nitrogens with zero attached hydrogens (tertiary/aromatic N) is 4. The molecular weight excluding hydrogens is 772 g/mol. The van der Waals surface area contributed by atoms with Crippen molar-refractivity contribution >= 4 is 30.0 Å². The Morgan fingerprint density at radius 2 is 0.339 bits per heavy atom. The molecule has 0 aromatic rings. The summed E-state index contributed by atoms with van der Waals surface area (Å²) in [6.45, 7) is 25.3. The summed E-state index contributed by atoms with van der Waals surface area (Å²) >= 11 is 0. The molecule has 0 aliphatic carbocycles. The molecule has 12 nitrogen and oxygen atoms in total. The van der Waals surface area contributed by atoms with E-state index in [4.69, 9.17) is 18.1 Å². The maximum Gasteiger partial charge on any atom is 0.215 e.